The van der Waals surface area contributed by atoms with Crippen LogP contribution >= 0.6 is 10.7 Å². The number of methoxy groups -OCH3 is 1. The number of ether oxygens (including phenoxy) is 1. The molecule has 6 nitrogen and oxygen atoms in total. The van der Waals surface area contributed by atoms with Crippen LogP contribution < -0.4 is 4.74 Å². The van der Waals surface area contributed by atoms with Gasteiger partial charge in [-0.05, 0) is 6.07 Å². The van der Waals surface area contributed by atoms with Crippen molar-refractivity contribution in [3.63, 3.8) is 0 Å². The van der Waals surface area contributed by atoms with E-state index in [4.69, 9.17) is 10.7 Å². The second-order valence-electron chi connectivity index (χ2n) is 3.06. The van der Waals surface area contributed by atoms with E-state index >= 15 is 0 Å². The van der Waals surface area contributed by atoms with Crippen molar-refractivity contribution >= 4 is 25.4 Å². The first-order valence-corrected chi connectivity index (χ1v) is 6.58. The first-order valence-electron chi connectivity index (χ1n) is 4.27. The van der Waals surface area contributed by atoms with Crippen LogP contribution in [0.1, 0.15) is 12.0 Å². The average molecular weight is 302 g/mol. The molecular weight excluding hydrogens is 296 g/mol. The molecule has 0 aliphatic heterocycles. The molecule has 0 heterocycles. The molecule has 1 aromatic rings. The van der Waals surface area contributed by atoms with E-state index in [0.717, 1.165) is 7.11 Å². The van der Waals surface area contributed by atoms with Gasteiger partial charge in [-0.3, -0.25) is 10.1 Å². The summed E-state index contributed by atoms with van der Waals surface area (Å²) in [5, 5.41) is 10.6. The molecule has 0 unspecified atom stereocenters. The molecule has 0 bridgehead atoms. The summed E-state index contributed by atoms with van der Waals surface area (Å²) in [4.78, 5) is 8.67. The highest BCUT2D eigenvalue weighted by Crippen LogP contribution is 2.37. The topological polar surface area (TPSA) is 86.5 Å². The summed E-state index contributed by atoms with van der Waals surface area (Å²) in [6.45, 7) is 0. The van der Waals surface area contributed by atoms with Crippen molar-refractivity contribution in [1.29, 1.82) is 0 Å². The van der Waals surface area contributed by atoms with Gasteiger partial charge in [0.25, 0.3) is 15.5 Å². The Balaban J connectivity index is 3.69. The van der Waals surface area contributed by atoms with Gasteiger partial charge in [0.2, 0.25) is 0 Å². The number of nitrogens with zero attached hydrogens (tertiary/aromatic N) is 1. The van der Waals surface area contributed by atoms with Crippen molar-refractivity contribution in [1.82, 2.24) is 0 Å². The summed E-state index contributed by atoms with van der Waals surface area (Å²) >= 11 is 0. The molecule has 10 heteroatoms. The van der Waals surface area contributed by atoms with Gasteiger partial charge in [0.1, 0.15) is 0 Å². The van der Waals surface area contributed by atoms with Crippen LogP contribution in [0, 0.1) is 10.1 Å². The van der Waals surface area contributed by atoms with Gasteiger partial charge in [-0.25, -0.2) is 17.2 Å². The van der Waals surface area contributed by atoms with E-state index in [0.29, 0.717) is 12.1 Å². The second-order valence-corrected chi connectivity index (χ2v) is 5.59. The monoisotopic (exact) mass is 301 g/mol. The Morgan fingerprint density at radius 3 is 2.33 bits per heavy atom. The standard InChI is InChI=1S/C8H6ClF2NO5S/c1-17-6-2-4(8(10)11)7(18(9,15)16)3-5(6)12(13)14/h2-3,8H,1H3. The van der Waals surface area contributed by atoms with E-state index < -0.39 is 42.3 Å². The molecule has 0 atom stereocenters. The highest BCUT2D eigenvalue weighted by atomic mass is 35.7. The van der Waals surface area contributed by atoms with Gasteiger partial charge in [-0.15, -0.1) is 0 Å². The van der Waals surface area contributed by atoms with Crippen molar-refractivity contribution in [2.24, 2.45) is 0 Å². The van der Waals surface area contributed by atoms with Crippen LogP contribution in [0.4, 0.5) is 14.5 Å². The summed E-state index contributed by atoms with van der Waals surface area (Å²) in [5.41, 5.74) is -1.71. The van der Waals surface area contributed by atoms with Crippen LogP contribution in [0.25, 0.3) is 0 Å². The fourth-order valence-electron chi connectivity index (χ4n) is 1.25. The Bertz CT molecular complexity index is 589. The maximum atomic E-state index is 12.7. The molecule has 0 aromatic heterocycles. The van der Waals surface area contributed by atoms with Gasteiger partial charge >= 0.3 is 5.69 Å². The van der Waals surface area contributed by atoms with Crippen LogP contribution in [0.15, 0.2) is 17.0 Å². The fraction of sp³-hybridized carbons (Fsp3) is 0.250. The molecule has 0 aliphatic rings. The molecule has 0 radical (unpaired) electrons. The fourth-order valence-corrected chi connectivity index (χ4v) is 2.34. The van der Waals surface area contributed by atoms with Crippen molar-refractivity contribution in [2.45, 2.75) is 11.3 Å². The lowest BCUT2D eigenvalue weighted by atomic mass is 10.2. The number of nitro benzene ring substituents is 1. The van der Waals surface area contributed by atoms with E-state index in [1.54, 1.807) is 0 Å². The molecule has 18 heavy (non-hydrogen) atoms. The molecular formula is C8H6ClF2NO5S. The largest absolute Gasteiger partial charge is 0.490 e. The minimum Gasteiger partial charge on any atom is -0.490 e. The number of halogens is 3. The normalized spacial score (nSPS) is 11.6. The van der Waals surface area contributed by atoms with E-state index in [-0.39, 0.29) is 0 Å². The third-order valence-corrected chi connectivity index (χ3v) is 3.38. The van der Waals surface area contributed by atoms with Crippen LogP contribution in [-0.4, -0.2) is 20.5 Å². The zero-order chi connectivity index (χ0) is 14.1. The van der Waals surface area contributed by atoms with Gasteiger partial charge in [-0.2, -0.15) is 0 Å². The Kier molecular flexibility index (Phi) is 4.07. The minimum absolute atomic E-state index is 0.447. The molecule has 0 spiro atoms. The molecule has 0 amide bonds. The molecule has 0 saturated carbocycles. The Morgan fingerprint density at radius 1 is 1.44 bits per heavy atom. The summed E-state index contributed by atoms with van der Waals surface area (Å²) in [6.07, 6.45) is -3.16. The van der Waals surface area contributed by atoms with E-state index in [9.17, 15) is 27.3 Å². The van der Waals surface area contributed by atoms with E-state index in [1.807, 2.05) is 0 Å². The minimum atomic E-state index is -4.53. The summed E-state index contributed by atoms with van der Waals surface area (Å²) < 4.78 is 52.1. The quantitative estimate of drug-likeness (QED) is 0.484. The van der Waals surface area contributed by atoms with E-state index in [1.165, 1.54) is 0 Å². The number of alkyl halides is 2. The summed E-state index contributed by atoms with van der Waals surface area (Å²) in [5.74, 6) is -0.473. The second kappa shape index (κ2) is 5.02. The number of hydrogen-bond donors (Lipinski definition) is 0. The van der Waals surface area contributed by atoms with Crippen molar-refractivity contribution in [2.75, 3.05) is 7.11 Å². The maximum Gasteiger partial charge on any atom is 0.312 e. The summed E-state index contributed by atoms with van der Waals surface area (Å²) in [6, 6.07) is 1.03. The maximum absolute atomic E-state index is 12.7. The third kappa shape index (κ3) is 2.85. The molecule has 1 aromatic carbocycles. The first-order chi connectivity index (χ1) is 8.18. The van der Waals surface area contributed by atoms with Crippen LogP contribution in [0.3, 0.4) is 0 Å². The van der Waals surface area contributed by atoms with Crippen molar-refractivity contribution in [3.8, 4) is 5.75 Å². The molecule has 100 valence electrons. The van der Waals surface area contributed by atoms with Crippen LogP contribution in [0.5, 0.6) is 5.75 Å². The zero-order valence-electron chi connectivity index (χ0n) is 8.76. The van der Waals surface area contributed by atoms with Gasteiger partial charge in [0.05, 0.1) is 16.9 Å². The zero-order valence-corrected chi connectivity index (χ0v) is 10.3. The lowest BCUT2D eigenvalue weighted by Crippen LogP contribution is -2.03. The lowest BCUT2D eigenvalue weighted by molar-refractivity contribution is -0.386. The molecule has 0 aliphatic carbocycles. The van der Waals surface area contributed by atoms with Crippen molar-refractivity contribution in [3.05, 3.63) is 27.8 Å². The molecule has 0 N–H and O–H groups in total. The third-order valence-electron chi connectivity index (χ3n) is 2.01. The number of nitro groups is 1. The Labute approximate surface area is 105 Å². The number of hydrogen-bond acceptors (Lipinski definition) is 5. The highest BCUT2D eigenvalue weighted by Gasteiger charge is 2.28. The number of benzene rings is 1. The van der Waals surface area contributed by atoms with Crippen LogP contribution in [-0.2, 0) is 9.05 Å². The SMILES string of the molecule is COc1cc(C(F)F)c(S(=O)(=O)Cl)cc1[N+](=O)[O-]. The predicted molar refractivity (Wildman–Crippen MR) is 57.6 cm³/mol. The lowest BCUT2D eigenvalue weighted by Gasteiger charge is -2.09. The number of rotatable bonds is 4. The Morgan fingerprint density at radius 2 is 2.00 bits per heavy atom. The van der Waals surface area contributed by atoms with Crippen molar-refractivity contribution < 1.29 is 26.9 Å². The van der Waals surface area contributed by atoms with Gasteiger partial charge < -0.3 is 4.74 Å². The van der Waals surface area contributed by atoms with Gasteiger partial charge in [0.15, 0.2) is 5.75 Å². The highest BCUT2D eigenvalue weighted by molar-refractivity contribution is 8.13. The first kappa shape index (κ1) is 14.6. The van der Waals surface area contributed by atoms with E-state index in [2.05, 4.69) is 4.74 Å². The Hall–Kier alpha value is -1.48. The summed E-state index contributed by atoms with van der Waals surface area (Å²) in [7, 11) is 1.46. The molecule has 1 rings (SSSR count). The smallest absolute Gasteiger partial charge is 0.312 e. The predicted octanol–water partition coefficient (Wildman–Crippen LogP) is 2.47. The molecule has 0 saturated heterocycles. The van der Waals surface area contributed by atoms with Crippen LogP contribution in [0.2, 0.25) is 0 Å². The van der Waals surface area contributed by atoms with Gasteiger partial charge in [-0.1, -0.05) is 0 Å². The molecule has 0 fully saturated rings. The van der Waals surface area contributed by atoms with Gasteiger partial charge in [0, 0.05) is 22.3 Å². The average Bonchev–Trinajstić information content (AvgIpc) is 2.25.